The van der Waals surface area contributed by atoms with Crippen molar-refractivity contribution < 1.29 is 24.2 Å². The van der Waals surface area contributed by atoms with Crippen molar-refractivity contribution in [1.82, 2.24) is 5.32 Å². The molecule has 31 heavy (non-hydrogen) atoms. The van der Waals surface area contributed by atoms with Gasteiger partial charge in [-0.25, -0.2) is 9.59 Å². The number of nitrogens with one attached hydrogen (secondary N) is 1. The van der Waals surface area contributed by atoms with E-state index in [0.717, 1.165) is 24.8 Å². The smallest absolute Gasteiger partial charge is 0.407 e. The minimum absolute atomic E-state index is 0.109. The zero-order valence-corrected chi connectivity index (χ0v) is 18.2. The van der Waals surface area contributed by atoms with Crippen molar-refractivity contribution in [2.24, 2.45) is 5.92 Å². The SMILES string of the molecule is Cc1ccc(CC2CCCC(NC(=O)O)(OCc3ccccc3)C(=O)OC(C)C2)cc1. The largest absolute Gasteiger partial charge is 0.465 e. The molecule has 0 saturated carbocycles. The molecule has 2 aromatic rings. The number of hydrogen-bond donors (Lipinski definition) is 2. The molecule has 1 aliphatic rings. The fourth-order valence-electron chi connectivity index (χ4n) is 4.13. The van der Waals surface area contributed by atoms with Crippen LogP contribution >= 0.6 is 0 Å². The Hall–Kier alpha value is -2.86. The summed E-state index contributed by atoms with van der Waals surface area (Å²) in [5, 5.41) is 11.7. The second-order valence-electron chi connectivity index (χ2n) is 8.43. The van der Waals surface area contributed by atoms with Crippen LogP contribution in [0.5, 0.6) is 0 Å². The van der Waals surface area contributed by atoms with Gasteiger partial charge >= 0.3 is 12.1 Å². The first-order chi connectivity index (χ1) is 14.9. The minimum atomic E-state index is -1.71. The van der Waals surface area contributed by atoms with Crippen molar-refractivity contribution in [2.45, 2.75) is 64.4 Å². The molecular formula is C25H31NO5. The van der Waals surface area contributed by atoms with Gasteiger partial charge in [-0.15, -0.1) is 0 Å². The molecule has 0 bridgehead atoms. The van der Waals surface area contributed by atoms with Gasteiger partial charge in [-0.1, -0.05) is 60.2 Å². The summed E-state index contributed by atoms with van der Waals surface area (Å²) in [6.07, 6.45) is 1.69. The van der Waals surface area contributed by atoms with Crippen molar-refractivity contribution in [2.75, 3.05) is 0 Å². The maximum Gasteiger partial charge on any atom is 0.407 e. The molecule has 0 radical (unpaired) electrons. The molecular weight excluding hydrogens is 394 g/mol. The number of hydrogen-bond acceptors (Lipinski definition) is 4. The van der Waals surface area contributed by atoms with Gasteiger partial charge in [-0.3, -0.25) is 5.32 Å². The Morgan fingerprint density at radius 2 is 1.87 bits per heavy atom. The number of esters is 1. The number of benzene rings is 2. The maximum atomic E-state index is 13.0. The molecule has 1 heterocycles. The Balaban J connectivity index is 1.75. The molecule has 3 atom stereocenters. The quantitative estimate of drug-likeness (QED) is 0.511. The Morgan fingerprint density at radius 3 is 2.55 bits per heavy atom. The third kappa shape index (κ3) is 6.56. The van der Waals surface area contributed by atoms with E-state index in [1.807, 2.05) is 37.3 Å². The van der Waals surface area contributed by atoms with Gasteiger partial charge in [0.15, 0.2) is 0 Å². The average molecular weight is 426 g/mol. The zero-order chi connectivity index (χ0) is 22.3. The lowest BCUT2D eigenvalue weighted by Gasteiger charge is -2.31. The van der Waals surface area contributed by atoms with Crippen LogP contribution in [-0.4, -0.2) is 29.0 Å². The normalized spacial score (nSPS) is 24.4. The Labute approximate surface area is 183 Å². The van der Waals surface area contributed by atoms with Gasteiger partial charge in [-0.2, -0.15) is 0 Å². The van der Waals surface area contributed by atoms with Crippen molar-refractivity contribution >= 4 is 12.1 Å². The van der Waals surface area contributed by atoms with Crippen LogP contribution in [0.25, 0.3) is 0 Å². The first kappa shape index (κ1) is 22.8. The van der Waals surface area contributed by atoms with Crippen LogP contribution in [0.1, 0.15) is 49.3 Å². The Bertz CT molecular complexity index is 867. The van der Waals surface area contributed by atoms with Gasteiger partial charge in [0.2, 0.25) is 5.72 Å². The van der Waals surface area contributed by atoms with Crippen LogP contribution in [0.2, 0.25) is 0 Å². The van der Waals surface area contributed by atoms with Crippen LogP contribution in [0, 0.1) is 12.8 Å². The lowest BCUT2D eigenvalue weighted by molar-refractivity contribution is -0.184. The summed E-state index contributed by atoms with van der Waals surface area (Å²) in [6.45, 7) is 4.03. The summed E-state index contributed by atoms with van der Waals surface area (Å²) in [5.74, 6) is -0.338. The maximum absolute atomic E-state index is 13.0. The molecule has 0 aromatic heterocycles. The van der Waals surface area contributed by atoms with E-state index >= 15 is 0 Å². The summed E-state index contributed by atoms with van der Waals surface area (Å²) in [7, 11) is 0. The van der Waals surface area contributed by atoms with Crippen LogP contribution in [0.4, 0.5) is 4.79 Å². The molecule has 0 aliphatic carbocycles. The Kier molecular flexibility index (Phi) is 7.69. The third-order valence-corrected chi connectivity index (χ3v) is 5.73. The van der Waals surface area contributed by atoms with E-state index in [9.17, 15) is 14.7 Å². The number of carbonyl (C=O) groups excluding carboxylic acids is 1. The summed E-state index contributed by atoms with van der Waals surface area (Å²) in [4.78, 5) is 24.6. The number of ether oxygens (including phenoxy) is 2. The highest BCUT2D eigenvalue weighted by atomic mass is 16.6. The molecule has 166 valence electrons. The van der Waals surface area contributed by atoms with Crippen LogP contribution in [-0.2, 0) is 27.3 Å². The molecule has 3 rings (SSSR count). The summed E-state index contributed by atoms with van der Waals surface area (Å²) in [6, 6.07) is 17.9. The standard InChI is InChI=1S/C25H31NO5/c1-18-10-12-20(13-11-18)16-22-9-6-14-25(26-24(28)29,23(27)31-19(2)15-22)30-17-21-7-4-3-5-8-21/h3-5,7-8,10-13,19,22,26H,6,9,14-17H2,1-2H3,(H,28,29). The first-order valence-electron chi connectivity index (χ1n) is 10.8. The van der Waals surface area contributed by atoms with Crippen molar-refractivity contribution in [3.8, 4) is 0 Å². The molecule has 2 N–H and O–H groups in total. The van der Waals surface area contributed by atoms with E-state index in [0.29, 0.717) is 12.3 Å². The lowest BCUT2D eigenvalue weighted by Crippen LogP contribution is -2.57. The highest BCUT2D eigenvalue weighted by Gasteiger charge is 2.44. The molecule has 0 spiro atoms. The number of aryl methyl sites for hydroxylation is 1. The summed E-state index contributed by atoms with van der Waals surface area (Å²) >= 11 is 0. The second-order valence-corrected chi connectivity index (χ2v) is 8.43. The van der Waals surface area contributed by atoms with Gasteiger partial charge in [0.1, 0.15) is 0 Å². The monoisotopic (exact) mass is 425 g/mol. The summed E-state index contributed by atoms with van der Waals surface area (Å²) in [5.41, 5.74) is 1.62. The van der Waals surface area contributed by atoms with Crippen molar-refractivity contribution in [3.05, 3.63) is 71.3 Å². The fraction of sp³-hybridized carbons (Fsp3) is 0.440. The molecule has 1 saturated heterocycles. The van der Waals surface area contributed by atoms with Gasteiger partial charge in [0, 0.05) is 6.42 Å². The average Bonchev–Trinajstić information content (AvgIpc) is 2.78. The summed E-state index contributed by atoms with van der Waals surface area (Å²) < 4.78 is 11.6. The number of cyclic esters (lactones) is 1. The predicted octanol–water partition coefficient (Wildman–Crippen LogP) is 4.84. The van der Waals surface area contributed by atoms with Gasteiger partial charge < -0.3 is 14.6 Å². The van der Waals surface area contributed by atoms with E-state index in [1.54, 1.807) is 0 Å². The first-order valence-corrected chi connectivity index (χ1v) is 10.8. The van der Waals surface area contributed by atoms with Gasteiger partial charge in [0.05, 0.1) is 12.7 Å². The number of carbonyl (C=O) groups is 2. The van der Waals surface area contributed by atoms with E-state index < -0.39 is 17.8 Å². The Morgan fingerprint density at radius 1 is 1.16 bits per heavy atom. The lowest BCUT2D eigenvalue weighted by atomic mass is 9.89. The van der Waals surface area contributed by atoms with Crippen molar-refractivity contribution in [1.29, 1.82) is 0 Å². The topological polar surface area (TPSA) is 84.9 Å². The highest BCUT2D eigenvalue weighted by molar-refractivity contribution is 5.83. The number of amides is 1. The van der Waals surface area contributed by atoms with Crippen LogP contribution < -0.4 is 5.32 Å². The van der Waals surface area contributed by atoms with E-state index in [4.69, 9.17) is 9.47 Å². The van der Waals surface area contributed by atoms with E-state index in [2.05, 4.69) is 36.5 Å². The van der Waals surface area contributed by atoms with Crippen LogP contribution in [0.15, 0.2) is 54.6 Å². The van der Waals surface area contributed by atoms with Gasteiger partial charge in [-0.05, 0) is 56.6 Å². The van der Waals surface area contributed by atoms with E-state index in [-0.39, 0.29) is 19.1 Å². The zero-order valence-electron chi connectivity index (χ0n) is 18.2. The minimum Gasteiger partial charge on any atom is -0.465 e. The third-order valence-electron chi connectivity index (χ3n) is 5.73. The fourth-order valence-corrected chi connectivity index (χ4v) is 4.13. The molecule has 1 fully saturated rings. The molecule has 1 aliphatic heterocycles. The van der Waals surface area contributed by atoms with Crippen LogP contribution in [0.3, 0.4) is 0 Å². The van der Waals surface area contributed by atoms with Crippen molar-refractivity contribution in [3.63, 3.8) is 0 Å². The second kappa shape index (κ2) is 10.4. The number of rotatable bonds is 6. The molecule has 2 aromatic carbocycles. The molecule has 3 unspecified atom stereocenters. The van der Waals surface area contributed by atoms with Gasteiger partial charge in [0.25, 0.3) is 0 Å². The predicted molar refractivity (Wildman–Crippen MR) is 118 cm³/mol. The number of carboxylic acid groups (broad SMARTS) is 1. The van der Waals surface area contributed by atoms with E-state index in [1.165, 1.54) is 11.1 Å². The molecule has 6 heteroatoms. The highest BCUT2D eigenvalue weighted by Crippen LogP contribution is 2.29. The molecule has 1 amide bonds. The molecule has 6 nitrogen and oxygen atoms in total.